The van der Waals surface area contributed by atoms with Gasteiger partial charge in [-0.15, -0.1) is 46.2 Å². The number of thiophene rings is 2. The van der Waals surface area contributed by atoms with E-state index in [0.29, 0.717) is 11.8 Å². The summed E-state index contributed by atoms with van der Waals surface area (Å²) in [6, 6.07) is 4.79. The first-order chi connectivity index (χ1) is 24.6. The molecule has 3 rings (SSSR count). The second kappa shape index (κ2) is 27.1. The minimum Gasteiger partial charge on any atom is -0.491 e. The molecule has 2 atom stereocenters. The van der Waals surface area contributed by atoms with E-state index in [1.165, 1.54) is 183 Å². The molecule has 3 aromatic rings. The molecule has 0 saturated heterocycles. The van der Waals surface area contributed by atoms with Crippen LogP contribution in [0.25, 0.3) is 20.2 Å². The lowest BCUT2D eigenvalue weighted by Crippen LogP contribution is -2.14. The number of fused-ring (bicyclic) bond motifs is 2. The fourth-order valence-corrected chi connectivity index (χ4v) is 10.8. The van der Waals surface area contributed by atoms with E-state index in [0.717, 1.165) is 24.7 Å². The van der Waals surface area contributed by atoms with Crippen molar-refractivity contribution in [3.05, 3.63) is 12.1 Å². The standard InChI is InChI=1S/C44H74O2S4/c1-7-11-15-19-21-25-29-35(27-23-17-13-9-3)33-45-41-37-31-39(47-5)50-44(37)42(38-32-40(48-6)49-43(38)41)46-34-36(28-24-18-14-10-4)30-26-22-20-16-12-8-2/h31-32,35-36H,7-30,33-34H2,1-6H3. The highest BCUT2D eigenvalue weighted by molar-refractivity contribution is 8.00. The van der Waals surface area contributed by atoms with Crippen molar-refractivity contribution in [3.8, 4) is 11.5 Å². The highest BCUT2D eigenvalue weighted by Crippen LogP contribution is 2.52. The Kier molecular flexibility index (Phi) is 23.8. The minimum absolute atomic E-state index is 0.633. The maximum Gasteiger partial charge on any atom is 0.146 e. The van der Waals surface area contributed by atoms with Crippen LogP contribution in [0.1, 0.15) is 182 Å². The summed E-state index contributed by atoms with van der Waals surface area (Å²) in [5, 5.41) is 2.55. The third-order valence-corrected chi connectivity index (χ3v) is 14.9. The maximum absolute atomic E-state index is 7.06. The molecule has 1 aromatic carbocycles. The van der Waals surface area contributed by atoms with Crippen LogP contribution in [-0.4, -0.2) is 25.7 Å². The van der Waals surface area contributed by atoms with Gasteiger partial charge in [0.1, 0.15) is 11.5 Å². The summed E-state index contributed by atoms with van der Waals surface area (Å²) in [6.07, 6.45) is 36.6. The fraction of sp³-hybridized carbons (Fsp3) is 0.773. The first-order valence-electron chi connectivity index (χ1n) is 21.0. The van der Waals surface area contributed by atoms with Crippen LogP contribution < -0.4 is 9.47 Å². The molecule has 0 radical (unpaired) electrons. The van der Waals surface area contributed by atoms with Gasteiger partial charge in [-0.05, 0) is 62.2 Å². The molecule has 2 aromatic heterocycles. The largest absolute Gasteiger partial charge is 0.491 e. The second-order valence-electron chi connectivity index (χ2n) is 14.8. The Morgan fingerprint density at radius 1 is 0.460 bits per heavy atom. The number of benzene rings is 1. The van der Waals surface area contributed by atoms with Crippen molar-refractivity contribution in [1.29, 1.82) is 0 Å². The van der Waals surface area contributed by atoms with Crippen molar-refractivity contribution in [2.24, 2.45) is 11.8 Å². The average molecular weight is 763 g/mol. The van der Waals surface area contributed by atoms with Crippen molar-refractivity contribution in [2.75, 3.05) is 25.7 Å². The predicted octanol–water partition coefficient (Wildman–Crippen LogP) is 17.0. The molecule has 0 aliphatic rings. The maximum atomic E-state index is 7.06. The van der Waals surface area contributed by atoms with E-state index >= 15 is 0 Å². The molecule has 2 nitrogen and oxygen atoms in total. The Balaban J connectivity index is 1.84. The number of unbranched alkanes of at least 4 members (excludes halogenated alkanes) is 16. The summed E-state index contributed by atoms with van der Waals surface area (Å²) in [5.41, 5.74) is 0. The first kappa shape index (κ1) is 43.8. The van der Waals surface area contributed by atoms with Gasteiger partial charge in [-0.2, -0.15) is 0 Å². The van der Waals surface area contributed by atoms with E-state index < -0.39 is 0 Å². The number of rotatable bonds is 32. The van der Waals surface area contributed by atoms with E-state index in [1.807, 2.05) is 46.2 Å². The normalized spacial score (nSPS) is 13.1. The lowest BCUT2D eigenvalue weighted by molar-refractivity contribution is 0.226. The SMILES string of the molecule is CCCCCCCCC(CCCCCC)COc1c2cc(SC)sc2c(OCC(CCCCCC)CCCCCCCC)c2cc(SC)sc12. The number of thioether (sulfide) groups is 2. The van der Waals surface area contributed by atoms with Gasteiger partial charge in [0, 0.05) is 10.8 Å². The minimum atomic E-state index is 0.633. The molecular weight excluding hydrogens is 689 g/mol. The molecule has 0 bridgehead atoms. The summed E-state index contributed by atoms with van der Waals surface area (Å²) in [6.45, 7) is 10.9. The average Bonchev–Trinajstić information content (AvgIpc) is 3.77. The smallest absolute Gasteiger partial charge is 0.146 e. The molecule has 286 valence electrons. The molecule has 6 heteroatoms. The van der Waals surface area contributed by atoms with E-state index in [-0.39, 0.29) is 0 Å². The van der Waals surface area contributed by atoms with Crippen LogP contribution in [-0.2, 0) is 0 Å². The van der Waals surface area contributed by atoms with Crippen molar-refractivity contribution < 1.29 is 9.47 Å². The number of ether oxygens (including phenoxy) is 2. The van der Waals surface area contributed by atoms with E-state index in [1.54, 1.807) is 0 Å². The Hall–Kier alpha value is -0.560. The van der Waals surface area contributed by atoms with Gasteiger partial charge in [-0.3, -0.25) is 0 Å². The summed E-state index contributed by atoms with van der Waals surface area (Å²) in [7, 11) is 0. The lowest BCUT2D eigenvalue weighted by Gasteiger charge is -2.21. The van der Waals surface area contributed by atoms with Crippen molar-refractivity contribution >= 4 is 66.4 Å². The monoisotopic (exact) mass is 762 g/mol. The molecule has 0 amide bonds. The third-order valence-electron chi connectivity index (χ3n) is 10.5. The lowest BCUT2D eigenvalue weighted by atomic mass is 9.95. The van der Waals surface area contributed by atoms with Crippen LogP contribution in [0.3, 0.4) is 0 Å². The van der Waals surface area contributed by atoms with E-state index in [4.69, 9.17) is 9.47 Å². The van der Waals surface area contributed by atoms with Crippen LogP contribution >= 0.6 is 46.2 Å². The zero-order valence-corrected chi connectivity index (χ0v) is 36.4. The summed E-state index contributed by atoms with van der Waals surface area (Å²) in [5.74, 6) is 3.50. The van der Waals surface area contributed by atoms with Gasteiger partial charge < -0.3 is 9.47 Å². The summed E-state index contributed by atoms with van der Waals surface area (Å²) in [4.78, 5) is 0. The number of hydrogen-bond donors (Lipinski definition) is 0. The zero-order valence-electron chi connectivity index (χ0n) is 33.1. The van der Waals surface area contributed by atoms with Crippen molar-refractivity contribution in [2.45, 2.75) is 190 Å². The highest BCUT2D eigenvalue weighted by Gasteiger charge is 2.24. The molecule has 50 heavy (non-hydrogen) atoms. The topological polar surface area (TPSA) is 18.5 Å². The quantitative estimate of drug-likeness (QED) is 0.0465. The van der Waals surface area contributed by atoms with Gasteiger partial charge in [0.15, 0.2) is 0 Å². The van der Waals surface area contributed by atoms with Crippen molar-refractivity contribution in [1.82, 2.24) is 0 Å². The predicted molar refractivity (Wildman–Crippen MR) is 232 cm³/mol. The Morgan fingerprint density at radius 2 is 0.760 bits per heavy atom. The van der Waals surface area contributed by atoms with E-state index in [2.05, 4.69) is 52.3 Å². The molecular formula is C44H74O2S4. The zero-order chi connectivity index (χ0) is 35.8. The summed E-state index contributed by atoms with van der Waals surface area (Å²) >= 11 is 7.52. The van der Waals surface area contributed by atoms with Crippen LogP contribution in [0, 0.1) is 11.8 Å². The van der Waals surface area contributed by atoms with Gasteiger partial charge in [-0.1, -0.05) is 156 Å². The molecule has 0 fully saturated rings. The summed E-state index contributed by atoms with van der Waals surface area (Å²) < 4.78 is 19.4. The molecule has 0 spiro atoms. The Morgan fingerprint density at radius 3 is 1.08 bits per heavy atom. The fourth-order valence-electron chi connectivity index (χ4n) is 7.31. The van der Waals surface area contributed by atoms with Crippen molar-refractivity contribution in [3.63, 3.8) is 0 Å². The molecule has 0 aliphatic heterocycles. The number of hydrogen-bond acceptors (Lipinski definition) is 6. The van der Waals surface area contributed by atoms with Gasteiger partial charge in [0.25, 0.3) is 0 Å². The Bertz CT molecular complexity index is 1130. The third kappa shape index (κ3) is 15.4. The molecule has 0 saturated carbocycles. The van der Waals surface area contributed by atoms with Gasteiger partial charge in [0.2, 0.25) is 0 Å². The molecule has 2 heterocycles. The molecule has 0 aliphatic carbocycles. The molecule has 2 unspecified atom stereocenters. The van der Waals surface area contributed by atoms with Gasteiger partial charge >= 0.3 is 0 Å². The Labute approximate surface area is 325 Å². The van der Waals surface area contributed by atoms with Gasteiger partial charge in [0.05, 0.1) is 31.0 Å². The van der Waals surface area contributed by atoms with E-state index in [9.17, 15) is 0 Å². The highest BCUT2D eigenvalue weighted by atomic mass is 32.2. The van der Waals surface area contributed by atoms with Crippen LogP contribution in [0.4, 0.5) is 0 Å². The van der Waals surface area contributed by atoms with Crippen LogP contribution in [0.2, 0.25) is 0 Å². The molecule has 0 N–H and O–H groups in total. The van der Waals surface area contributed by atoms with Gasteiger partial charge in [-0.25, -0.2) is 0 Å². The first-order valence-corrected chi connectivity index (χ1v) is 25.0. The second-order valence-corrected chi connectivity index (χ2v) is 19.2. The van der Waals surface area contributed by atoms with Crippen LogP contribution in [0.5, 0.6) is 11.5 Å². The van der Waals surface area contributed by atoms with Crippen LogP contribution in [0.15, 0.2) is 20.6 Å².